The van der Waals surface area contributed by atoms with E-state index >= 15 is 0 Å². The van der Waals surface area contributed by atoms with Gasteiger partial charge in [0.25, 0.3) is 5.91 Å². The smallest absolute Gasteiger partial charge is 0.260 e. The molecule has 0 aliphatic heterocycles. The highest BCUT2D eigenvalue weighted by molar-refractivity contribution is 7.22. The van der Waals surface area contributed by atoms with Crippen LogP contribution in [-0.4, -0.2) is 10.9 Å². The van der Waals surface area contributed by atoms with Crippen LogP contribution in [0.25, 0.3) is 10.2 Å². The number of carbonyl (C=O) groups is 1. The summed E-state index contributed by atoms with van der Waals surface area (Å²) in [5.41, 5.74) is 5.00. The van der Waals surface area contributed by atoms with Gasteiger partial charge in [-0.1, -0.05) is 65.4 Å². The third-order valence-electron chi connectivity index (χ3n) is 4.49. The number of hydrogen-bond donors (Lipinski definition) is 0. The molecule has 134 valence electrons. The normalized spacial score (nSPS) is 10.9. The topological polar surface area (TPSA) is 33.2 Å². The van der Waals surface area contributed by atoms with Gasteiger partial charge in [-0.3, -0.25) is 9.69 Å². The number of benzene rings is 3. The summed E-state index contributed by atoms with van der Waals surface area (Å²) < 4.78 is 1.10. The summed E-state index contributed by atoms with van der Waals surface area (Å²) in [6.45, 7) is 4.58. The molecule has 0 fully saturated rings. The van der Waals surface area contributed by atoms with E-state index in [0.717, 1.165) is 26.5 Å². The van der Waals surface area contributed by atoms with E-state index in [1.165, 1.54) is 5.56 Å². The molecule has 1 amide bonds. The van der Waals surface area contributed by atoms with Crippen LogP contribution in [0.1, 0.15) is 27.0 Å². The second-order valence-corrected chi connectivity index (χ2v) is 7.72. The minimum Gasteiger partial charge on any atom is -0.279 e. The van der Waals surface area contributed by atoms with Crippen molar-refractivity contribution in [3.8, 4) is 0 Å². The zero-order chi connectivity index (χ0) is 18.8. The number of nitrogens with zero attached hydrogens (tertiary/aromatic N) is 2. The van der Waals surface area contributed by atoms with Gasteiger partial charge in [-0.05, 0) is 49.2 Å². The molecule has 4 rings (SSSR count). The van der Waals surface area contributed by atoms with Crippen molar-refractivity contribution in [2.75, 3.05) is 4.90 Å². The molecule has 3 aromatic carbocycles. The maximum Gasteiger partial charge on any atom is 0.260 e. The molecule has 0 atom stereocenters. The Morgan fingerprint density at radius 2 is 1.63 bits per heavy atom. The first-order valence-electron chi connectivity index (χ1n) is 8.90. The number of hydrogen-bond acceptors (Lipinski definition) is 3. The molecule has 0 radical (unpaired) electrons. The number of carbonyl (C=O) groups excluding carboxylic acids is 1. The Kier molecular flexibility index (Phi) is 4.73. The first-order chi connectivity index (χ1) is 13.1. The molecule has 1 aromatic heterocycles. The summed E-state index contributed by atoms with van der Waals surface area (Å²) in [5.74, 6) is -0.0327. The summed E-state index contributed by atoms with van der Waals surface area (Å²) >= 11 is 1.56. The summed E-state index contributed by atoms with van der Waals surface area (Å²) in [5, 5.41) is 0.727. The molecular weight excluding hydrogens is 352 g/mol. The Labute approximate surface area is 162 Å². The molecule has 0 bridgehead atoms. The minimum atomic E-state index is -0.0327. The molecule has 0 aliphatic rings. The van der Waals surface area contributed by atoms with Crippen LogP contribution in [0.5, 0.6) is 0 Å². The number of amides is 1. The predicted octanol–water partition coefficient (Wildman–Crippen LogP) is 5.76. The van der Waals surface area contributed by atoms with Crippen LogP contribution in [0.3, 0.4) is 0 Å². The van der Waals surface area contributed by atoms with Gasteiger partial charge in [0.15, 0.2) is 5.13 Å². The monoisotopic (exact) mass is 372 g/mol. The molecular formula is C23H20N2OS. The number of thiazole rings is 1. The van der Waals surface area contributed by atoms with E-state index in [2.05, 4.69) is 19.1 Å². The first-order valence-corrected chi connectivity index (χ1v) is 9.71. The highest BCUT2D eigenvalue weighted by Gasteiger charge is 2.21. The zero-order valence-corrected chi connectivity index (χ0v) is 16.2. The van der Waals surface area contributed by atoms with Crippen molar-refractivity contribution in [3.05, 3.63) is 95.1 Å². The van der Waals surface area contributed by atoms with E-state index in [1.807, 2.05) is 67.6 Å². The van der Waals surface area contributed by atoms with Crippen LogP contribution in [0.15, 0.2) is 72.8 Å². The van der Waals surface area contributed by atoms with E-state index in [-0.39, 0.29) is 5.91 Å². The van der Waals surface area contributed by atoms with E-state index < -0.39 is 0 Å². The van der Waals surface area contributed by atoms with Crippen molar-refractivity contribution in [2.24, 2.45) is 0 Å². The van der Waals surface area contributed by atoms with Gasteiger partial charge in [0, 0.05) is 5.56 Å². The summed E-state index contributed by atoms with van der Waals surface area (Å²) in [4.78, 5) is 19.8. The van der Waals surface area contributed by atoms with Crippen LogP contribution in [-0.2, 0) is 6.54 Å². The standard InChI is InChI=1S/C23H20N2OS/c1-16-8-11-19(12-9-16)22(26)25(15-18-6-4-3-5-7-18)23-24-20-13-10-17(2)14-21(20)27-23/h3-14H,15H2,1-2H3. The molecule has 0 N–H and O–H groups in total. The quantitative estimate of drug-likeness (QED) is 0.456. The van der Waals surface area contributed by atoms with Gasteiger partial charge in [0.2, 0.25) is 0 Å². The van der Waals surface area contributed by atoms with Gasteiger partial charge in [0.05, 0.1) is 16.8 Å². The van der Waals surface area contributed by atoms with E-state index in [9.17, 15) is 4.79 Å². The highest BCUT2D eigenvalue weighted by atomic mass is 32.1. The average Bonchev–Trinajstić information content (AvgIpc) is 3.10. The molecule has 27 heavy (non-hydrogen) atoms. The first kappa shape index (κ1) is 17.4. The SMILES string of the molecule is Cc1ccc(C(=O)N(Cc2ccccc2)c2nc3ccc(C)cc3s2)cc1. The Morgan fingerprint density at radius 3 is 2.37 bits per heavy atom. The Hall–Kier alpha value is -2.98. The molecule has 0 unspecified atom stereocenters. The van der Waals surface area contributed by atoms with Gasteiger partial charge in [-0.15, -0.1) is 0 Å². The largest absolute Gasteiger partial charge is 0.279 e. The molecule has 4 heteroatoms. The Bertz CT molecular complexity index is 1080. The van der Waals surface area contributed by atoms with Crippen molar-refractivity contribution in [2.45, 2.75) is 20.4 Å². The number of anilines is 1. The fraction of sp³-hybridized carbons (Fsp3) is 0.130. The van der Waals surface area contributed by atoms with Crippen LogP contribution in [0.4, 0.5) is 5.13 Å². The van der Waals surface area contributed by atoms with Crippen molar-refractivity contribution >= 4 is 32.6 Å². The molecule has 0 spiro atoms. The molecule has 1 heterocycles. The fourth-order valence-corrected chi connectivity index (χ4v) is 4.04. The molecule has 0 saturated heterocycles. The highest BCUT2D eigenvalue weighted by Crippen LogP contribution is 2.31. The molecule has 0 aliphatic carbocycles. The van der Waals surface area contributed by atoms with Gasteiger partial charge in [-0.25, -0.2) is 4.98 Å². The van der Waals surface area contributed by atoms with Crippen LogP contribution < -0.4 is 4.90 Å². The van der Waals surface area contributed by atoms with Gasteiger partial charge in [-0.2, -0.15) is 0 Å². The lowest BCUT2D eigenvalue weighted by Gasteiger charge is -2.20. The minimum absolute atomic E-state index is 0.0327. The lowest BCUT2D eigenvalue weighted by Crippen LogP contribution is -2.30. The molecule has 3 nitrogen and oxygen atoms in total. The maximum absolute atomic E-state index is 13.3. The Balaban J connectivity index is 1.76. The van der Waals surface area contributed by atoms with Crippen molar-refractivity contribution in [1.29, 1.82) is 0 Å². The third kappa shape index (κ3) is 3.76. The third-order valence-corrected chi connectivity index (χ3v) is 5.53. The predicted molar refractivity (Wildman–Crippen MR) is 112 cm³/mol. The van der Waals surface area contributed by atoms with E-state index in [0.29, 0.717) is 12.1 Å². The van der Waals surface area contributed by atoms with E-state index in [4.69, 9.17) is 4.98 Å². The zero-order valence-electron chi connectivity index (χ0n) is 15.3. The van der Waals surface area contributed by atoms with Crippen molar-refractivity contribution in [3.63, 3.8) is 0 Å². The maximum atomic E-state index is 13.3. The van der Waals surface area contributed by atoms with E-state index in [1.54, 1.807) is 16.2 Å². The van der Waals surface area contributed by atoms with Crippen molar-refractivity contribution in [1.82, 2.24) is 4.98 Å². The van der Waals surface area contributed by atoms with Gasteiger partial charge in [0.1, 0.15) is 0 Å². The number of aromatic nitrogens is 1. The summed E-state index contributed by atoms with van der Waals surface area (Å²) in [6, 6.07) is 23.9. The summed E-state index contributed by atoms with van der Waals surface area (Å²) in [7, 11) is 0. The van der Waals surface area contributed by atoms with Crippen LogP contribution >= 0.6 is 11.3 Å². The Morgan fingerprint density at radius 1 is 0.926 bits per heavy atom. The van der Waals surface area contributed by atoms with Gasteiger partial charge >= 0.3 is 0 Å². The number of aryl methyl sites for hydroxylation is 2. The number of fused-ring (bicyclic) bond motifs is 1. The average molecular weight is 372 g/mol. The second kappa shape index (κ2) is 7.33. The molecule has 0 saturated carbocycles. The lowest BCUT2D eigenvalue weighted by atomic mass is 10.1. The number of rotatable bonds is 4. The van der Waals surface area contributed by atoms with Crippen LogP contribution in [0, 0.1) is 13.8 Å². The summed E-state index contributed by atoms with van der Waals surface area (Å²) in [6.07, 6.45) is 0. The van der Waals surface area contributed by atoms with Gasteiger partial charge < -0.3 is 0 Å². The molecule has 4 aromatic rings. The second-order valence-electron chi connectivity index (χ2n) is 6.71. The lowest BCUT2D eigenvalue weighted by molar-refractivity contribution is 0.0985. The van der Waals surface area contributed by atoms with Crippen LogP contribution in [0.2, 0.25) is 0 Å². The van der Waals surface area contributed by atoms with Crippen molar-refractivity contribution < 1.29 is 4.79 Å². The fourth-order valence-electron chi connectivity index (χ4n) is 2.98.